The van der Waals surface area contributed by atoms with Crippen molar-refractivity contribution >= 4 is 34.4 Å². The molecule has 0 radical (unpaired) electrons. The van der Waals surface area contributed by atoms with Crippen LogP contribution in [0.1, 0.15) is 17.3 Å². The fraction of sp³-hybridized carbons (Fsp3) is 0.259. The van der Waals surface area contributed by atoms with E-state index in [1.807, 2.05) is 17.9 Å². The van der Waals surface area contributed by atoms with E-state index < -0.39 is 6.09 Å². The molecule has 13 heteroatoms. The second-order valence-corrected chi connectivity index (χ2v) is 10.1. The fourth-order valence-corrected chi connectivity index (χ4v) is 4.56. The van der Waals surface area contributed by atoms with Gasteiger partial charge in [0.2, 0.25) is 5.95 Å². The van der Waals surface area contributed by atoms with Gasteiger partial charge in [-0.1, -0.05) is 29.5 Å². The molecule has 2 amide bonds. The zero-order valence-corrected chi connectivity index (χ0v) is 22.9. The van der Waals surface area contributed by atoms with Crippen LogP contribution in [-0.4, -0.2) is 76.7 Å². The first-order chi connectivity index (χ1) is 19.4. The lowest BCUT2D eigenvalue weighted by Gasteiger charge is -2.33. The number of morpholine rings is 1. The van der Waals surface area contributed by atoms with Gasteiger partial charge >= 0.3 is 12.1 Å². The molecule has 40 heavy (non-hydrogen) atoms. The molecule has 1 N–H and O–H groups in total. The van der Waals surface area contributed by atoms with E-state index in [-0.39, 0.29) is 18.0 Å². The highest BCUT2D eigenvalue weighted by atomic mass is 32.1. The molecule has 1 fully saturated rings. The Morgan fingerprint density at radius 1 is 1.05 bits per heavy atom. The van der Waals surface area contributed by atoms with E-state index in [0.29, 0.717) is 58.6 Å². The lowest BCUT2D eigenvalue weighted by molar-refractivity contribution is 0.0827. The number of para-hydroxylation sites is 1. The Hall–Kier alpha value is -4.62. The molecule has 0 spiro atoms. The number of thiazole rings is 1. The highest BCUT2D eigenvalue weighted by Gasteiger charge is 2.24. The monoisotopic (exact) mass is 561 g/mol. The summed E-state index contributed by atoms with van der Waals surface area (Å²) in [6.07, 6.45) is 0.904. The van der Waals surface area contributed by atoms with Gasteiger partial charge in [-0.05, 0) is 43.3 Å². The average Bonchev–Trinajstić information content (AvgIpc) is 3.42. The number of aromatic nitrogens is 4. The van der Waals surface area contributed by atoms with Gasteiger partial charge in [0, 0.05) is 26.2 Å². The predicted molar refractivity (Wildman–Crippen MR) is 149 cm³/mol. The van der Waals surface area contributed by atoms with E-state index in [4.69, 9.17) is 14.2 Å². The Morgan fingerprint density at radius 3 is 2.55 bits per heavy atom. The van der Waals surface area contributed by atoms with Crippen LogP contribution in [0.4, 0.5) is 15.9 Å². The quantitative estimate of drug-likeness (QED) is 0.348. The number of nitrogens with zero attached hydrogens (tertiary/aromatic N) is 6. The molecule has 2 aromatic heterocycles. The molecular weight excluding hydrogens is 534 g/mol. The lowest BCUT2D eigenvalue weighted by atomic mass is 10.2. The van der Waals surface area contributed by atoms with Gasteiger partial charge in [-0.15, -0.1) is 0 Å². The first-order valence-corrected chi connectivity index (χ1v) is 13.3. The molecule has 1 atom stereocenters. The molecule has 4 aromatic rings. The number of hydrogen-bond donors (Lipinski definition) is 1. The number of nitrogens with one attached hydrogen (secondary N) is 1. The van der Waals surface area contributed by atoms with Crippen molar-refractivity contribution in [3.8, 4) is 28.2 Å². The zero-order valence-electron chi connectivity index (χ0n) is 22.1. The van der Waals surface area contributed by atoms with Crippen LogP contribution >= 0.6 is 11.3 Å². The number of carbonyl (C=O) groups excluding carboxylic acids is 2. The Morgan fingerprint density at radius 2 is 1.82 bits per heavy atom. The summed E-state index contributed by atoms with van der Waals surface area (Å²) in [7, 11) is 3.39. The smallest absolute Gasteiger partial charge is 0.418 e. The third kappa shape index (κ3) is 6.50. The molecule has 2 aromatic carbocycles. The maximum atomic E-state index is 12.3. The number of benzene rings is 2. The molecule has 206 valence electrons. The minimum atomic E-state index is -0.661. The molecular formula is C27H27N7O5S. The molecule has 1 aliphatic heterocycles. The highest BCUT2D eigenvalue weighted by Crippen LogP contribution is 2.30. The van der Waals surface area contributed by atoms with E-state index >= 15 is 0 Å². The number of hydrogen-bond acceptors (Lipinski definition) is 11. The predicted octanol–water partition coefficient (Wildman–Crippen LogP) is 4.33. The molecule has 12 nitrogen and oxygen atoms in total. The minimum Gasteiger partial charge on any atom is -0.424 e. The van der Waals surface area contributed by atoms with Gasteiger partial charge in [-0.2, -0.15) is 15.0 Å². The second kappa shape index (κ2) is 12.1. The summed E-state index contributed by atoms with van der Waals surface area (Å²) >= 11 is 1.19. The van der Waals surface area contributed by atoms with Crippen LogP contribution in [0.15, 0.2) is 60.8 Å². The van der Waals surface area contributed by atoms with Gasteiger partial charge < -0.3 is 24.0 Å². The van der Waals surface area contributed by atoms with Crippen LogP contribution < -0.4 is 19.7 Å². The van der Waals surface area contributed by atoms with E-state index in [0.717, 1.165) is 0 Å². The zero-order chi connectivity index (χ0) is 28.1. The topological polar surface area (TPSA) is 132 Å². The van der Waals surface area contributed by atoms with Crippen molar-refractivity contribution in [3.05, 3.63) is 66.4 Å². The molecule has 5 rings (SSSR count). The van der Waals surface area contributed by atoms with Crippen LogP contribution in [0, 0.1) is 0 Å². The first kappa shape index (κ1) is 27.0. The summed E-state index contributed by atoms with van der Waals surface area (Å²) in [5, 5.41) is 2.95. The third-order valence-electron chi connectivity index (χ3n) is 5.83. The summed E-state index contributed by atoms with van der Waals surface area (Å²) < 4.78 is 16.8. The second-order valence-electron chi connectivity index (χ2n) is 9.04. The summed E-state index contributed by atoms with van der Waals surface area (Å²) in [6, 6.07) is 15.6. The SMILES string of the molecule is C[C@H]1COCCN1c1nc(Oc2ccc(C(=O)N(C)C)cc2)nc(-c2cnc(NC(=O)Oc3ccccc3)s2)n1. The van der Waals surface area contributed by atoms with Crippen molar-refractivity contribution in [1.82, 2.24) is 24.8 Å². The molecule has 0 bridgehead atoms. The van der Waals surface area contributed by atoms with Crippen molar-refractivity contribution in [2.45, 2.75) is 13.0 Å². The van der Waals surface area contributed by atoms with Gasteiger partial charge in [0.05, 0.1) is 30.3 Å². The van der Waals surface area contributed by atoms with Crippen LogP contribution in [0.25, 0.3) is 10.7 Å². The van der Waals surface area contributed by atoms with Crippen LogP contribution in [0.5, 0.6) is 17.5 Å². The van der Waals surface area contributed by atoms with E-state index in [2.05, 4.69) is 25.3 Å². The van der Waals surface area contributed by atoms with Crippen molar-refractivity contribution in [2.75, 3.05) is 44.1 Å². The van der Waals surface area contributed by atoms with Crippen molar-refractivity contribution in [3.63, 3.8) is 0 Å². The van der Waals surface area contributed by atoms with Gasteiger partial charge in [0.1, 0.15) is 11.5 Å². The first-order valence-electron chi connectivity index (χ1n) is 12.5. The van der Waals surface area contributed by atoms with Crippen molar-refractivity contribution < 1.29 is 23.8 Å². The largest absolute Gasteiger partial charge is 0.424 e. The normalized spacial score (nSPS) is 14.9. The van der Waals surface area contributed by atoms with E-state index in [1.165, 1.54) is 16.2 Å². The summed E-state index contributed by atoms with van der Waals surface area (Å²) in [4.78, 5) is 46.7. The van der Waals surface area contributed by atoms with Gasteiger partial charge in [0.15, 0.2) is 11.0 Å². The lowest BCUT2D eigenvalue weighted by Crippen LogP contribution is -2.44. The van der Waals surface area contributed by atoms with Crippen molar-refractivity contribution in [2.24, 2.45) is 0 Å². The summed E-state index contributed by atoms with van der Waals surface area (Å²) in [5.41, 5.74) is 0.534. The van der Waals surface area contributed by atoms with E-state index in [1.54, 1.807) is 68.8 Å². The Bertz CT molecular complexity index is 1480. The van der Waals surface area contributed by atoms with Crippen LogP contribution in [-0.2, 0) is 4.74 Å². The number of amides is 2. The molecule has 3 heterocycles. The maximum Gasteiger partial charge on any atom is 0.418 e. The minimum absolute atomic E-state index is 0.0413. The Balaban J connectivity index is 1.39. The molecule has 0 saturated carbocycles. The average molecular weight is 562 g/mol. The van der Waals surface area contributed by atoms with Crippen LogP contribution in [0.2, 0.25) is 0 Å². The fourth-order valence-electron chi connectivity index (χ4n) is 3.83. The van der Waals surface area contributed by atoms with Gasteiger partial charge in [0.25, 0.3) is 5.91 Å². The van der Waals surface area contributed by atoms with Crippen LogP contribution in [0.3, 0.4) is 0 Å². The standard InChI is InChI=1S/C27H27N7O5S/c1-17-16-37-14-13-34(17)24-29-22(21-15-28-26(40-21)32-27(36)39-19-7-5-4-6-8-19)30-25(31-24)38-20-11-9-18(10-12-20)23(35)33(2)3/h4-12,15,17H,13-14,16H2,1-3H3,(H,28,32,36)/t17-/m0/s1. The Labute approximate surface area is 234 Å². The molecule has 1 saturated heterocycles. The van der Waals surface area contributed by atoms with Gasteiger partial charge in [-0.3, -0.25) is 10.1 Å². The van der Waals surface area contributed by atoms with Gasteiger partial charge in [-0.25, -0.2) is 9.78 Å². The molecule has 0 aliphatic carbocycles. The summed E-state index contributed by atoms with van der Waals surface area (Å²) in [5.74, 6) is 1.53. The third-order valence-corrected chi connectivity index (χ3v) is 6.74. The van der Waals surface area contributed by atoms with Crippen molar-refractivity contribution in [1.29, 1.82) is 0 Å². The molecule has 0 unspecified atom stereocenters. The summed E-state index contributed by atoms with van der Waals surface area (Å²) in [6.45, 7) is 3.71. The number of ether oxygens (including phenoxy) is 3. The number of rotatable bonds is 7. The maximum absolute atomic E-state index is 12.3. The molecule has 1 aliphatic rings. The highest BCUT2D eigenvalue weighted by molar-refractivity contribution is 7.19. The Kier molecular flexibility index (Phi) is 8.12. The number of anilines is 2. The van der Waals surface area contributed by atoms with E-state index in [9.17, 15) is 9.59 Å². The number of carbonyl (C=O) groups is 2.